The van der Waals surface area contributed by atoms with Gasteiger partial charge in [-0.2, -0.15) is 0 Å². The Morgan fingerprint density at radius 2 is 1.83 bits per heavy atom. The SMILES string of the molecule is CCC(C(=O)NC12CC3CC(CC(O)(C3)C1)C2)N(C)CC.O=CO. The molecule has 6 heteroatoms. The lowest BCUT2D eigenvalue weighted by atomic mass is 9.51. The first kappa shape index (κ1) is 19.2. The van der Waals surface area contributed by atoms with E-state index in [1.165, 1.54) is 6.42 Å². The smallest absolute Gasteiger partial charge is 0.290 e. The van der Waals surface area contributed by atoms with Crippen molar-refractivity contribution < 1.29 is 19.8 Å². The molecule has 0 aromatic carbocycles. The average molecular weight is 340 g/mol. The van der Waals surface area contributed by atoms with Gasteiger partial charge in [-0.15, -0.1) is 0 Å². The highest BCUT2D eigenvalue weighted by molar-refractivity contribution is 5.82. The molecule has 0 aliphatic heterocycles. The second-order valence-corrected chi connectivity index (χ2v) is 8.06. The van der Waals surface area contributed by atoms with Crippen LogP contribution in [0.5, 0.6) is 0 Å². The molecule has 6 nitrogen and oxygen atoms in total. The van der Waals surface area contributed by atoms with Gasteiger partial charge in [0.1, 0.15) is 0 Å². The van der Waals surface area contributed by atoms with Gasteiger partial charge < -0.3 is 15.5 Å². The summed E-state index contributed by atoms with van der Waals surface area (Å²) in [5.74, 6) is 1.38. The van der Waals surface area contributed by atoms with Crippen LogP contribution in [0.2, 0.25) is 0 Å². The van der Waals surface area contributed by atoms with Crippen LogP contribution in [0.25, 0.3) is 0 Å². The number of nitrogens with zero attached hydrogens (tertiary/aromatic N) is 1. The van der Waals surface area contributed by atoms with Crippen LogP contribution in [0.15, 0.2) is 0 Å². The Balaban J connectivity index is 0.000000647. The van der Waals surface area contributed by atoms with Crippen molar-refractivity contribution in [3.63, 3.8) is 0 Å². The van der Waals surface area contributed by atoms with Crippen LogP contribution in [0.3, 0.4) is 0 Å². The van der Waals surface area contributed by atoms with Crippen molar-refractivity contribution in [1.82, 2.24) is 10.2 Å². The van der Waals surface area contributed by atoms with E-state index in [2.05, 4.69) is 24.1 Å². The highest BCUT2D eigenvalue weighted by Gasteiger charge is 2.57. The van der Waals surface area contributed by atoms with Gasteiger partial charge in [-0.25, -0.2) is 0 Å². The van der Waals surface area contributed by atoms with Crippen molar-refractivity contribution in [1.29, 1.82) is 0 Å². The largest absolute Gasteiger partial charge is 0.483 e. The zero-order valence-electron chi connectivity index (χ0n) is 15.1. The number of hydrogen-bond acceptors (Lipinski definition) is 4. The van der Waals surface area contributed by atoms with Crippen LogP contribution in [-0.4, -0.2) is 58.3 Å². The van der Waals surface area contributed by atoms with Crippen molar-refractivity contribution >= 4 is 12.4 Å². The minimum absolute atomic E-state index is 0.0438. The van der Waals surface area contributed by atoms with E-state index in [0.29, 0.717) is 11.8 Å². The molecule has 4 bridgehead atoms. The van der Waals surface area contributed by atoms with Crippen LogP contribution >= 0.6 is 0 Å². The highest BCUT2D eigenvalue weighted by atomic mass is 16.3. The molecule has 24 heavy (non-hydrogen) atoms. The molecule has 1 amide bonds. The Hall–Kier alpha value is -1.14. The van der Waals surface area contributed by atoms with Crippen LogP contribution in [0, 0.1) is 11.8 Å². The van der Waals surface area contributed by atoms with Gasteiger partial charge in [0.05, 0.1) is 11.6 Å². The summed E-state index contributed by atoms with van der Waals surface area (Å²) in [6.45, 7) is 4.79. The maximum absolute atomic E-state index is 12.7. The fraction of sp³-hybridized carbons (Fsp3) is 0.889. The summed E-state index contributed by atoms with van der Waals surface area (Å²) in [5.41, 5.74) is -0.631. The van der Waals surface area contributed by atoms with Gasteiger partial charge in [-0.3, -0.25) is 14.5 Å². The summed E-state index contributed by atoms with van der Waals surface area (Å²) < 4.78 is 0. The number of hydrogen-bond donors (Lipinski definition) is 3. The fourth-order valence-corrected chi connectivity index (χ4v) is 5.62. The van der Waals surface area contributed by atoms with Crippen molar-refractivity contribution in [2.75, 3.05) is 13.6 Å². The number of aliphatic hydroxyl groups is 1. The second-order valence-electron chi connectivity index (χ2n) is 8.06. The summed E-state index contributed by atoms with van der Waals surface area (Å²) in [6, 6.07) is -0.0438. The first-order valence-corrected chi connectivity index (χ1v) is 9.13. The molecule has 3 atom stereocenters. The minimum Gasteiger partial charge on any atom is -0.483 e. The molecular weight excluding hydrogens is 308 g/mol. The average Bonchev–Trinajstić information content (AvgIpc) is 2.45. The molecule has 0 spiro atoms. The Labute approximate surface area is 144 Å². The number of rotatable bonds is 5. The van der Waals surface area contributed by atoms with Crippen molar-refractivity contribution in [2.45, 2.75) is 76.0 Å². The predicted octanol–water partition coefficient (Wildman–Crippen LogP) is 1.62. The molecule has 0 radical (unpaired) electrons. The van der Waals surface area contributed by atoms with Crippen molar-refractivity contribution in [2.24, 2.45) is 11.8 Å². The molecule has 0 aromatic rings. The summed E-state index contributed by atoms with van der Waals surface area (Å²) in [7, 11) is 2.01. The van der Waals surface area contributed by atoms with Gasteiger partial charge in [0.25, 0.3) is 6.47 Å². The van der Waals surface area contributed by atoms with Crippen LogP contribution in [-0.2, 0) is 9.59 Å². The number of carbonyl (C=O) groups excluding carboxylic acids is 1. The third kappa shape index (κ3) is 3.91. The van der Waals surface area contributed by atoms with E-state index in [9.17, 15) is 9.90 Å². The summed E-state index contributed by atoms with van der Waals surface area (Å²) in [5, 5.41) is 21.0. The number of carbonyl (C=O) groups is 2. The van der Waals surface area contributed by atoms with E-state index in [1.54, 1.807) is 0 Å². The van der Waals surface area contributed by atoms with Gasteiger partial charge in [-0.05, 0) is 70.4 Å². The lowest BCUT2D eigenvalue weighted by molar-refractivity contribution is -0.153. The van der Waals surface area contributed by atoms with E-state index < -0.39 is 5.60 Å². The van der Waals surface area contributed by atoms with Crippen molar-refractivity contribution in [3.8, 4) is 0 Å². The second kappa shape index (κ2) is 7.40. The third-order valence-corrected chi connectivity index (χ3v) is 6.14. The number of nitrogens with one attached hydrogen (secondary N) is 1. The quantitative estimate of drug-likeness (QED) is 0.662. The molecule has 4 aliphatic rings. The van der Waals surface area contributed by atoms with E-state index in [4.69, 9.17) is 9.90 Å². The van der Waals surface area contributed by atoms with Gasteiger partial charge in [0, 0.05) is 5.54 Å². The molecule has 0 saturated heterocycles. The Kier molecular flexibility index (Phi) is 5.91. The topological polar surface area (TPSA) is 89.9 Å². The van der Waals surface area contributed by atoms with Crippen molar-refractivity contribution in [3.05, 3.63) is 0 Å². The van der Waals surface area contributed by atoms with Gasteiger partial charge in [0.15, 0.2) is 0 Å². The lowest BCUT2D eigenvalue weighted by Gasteiger charge is -2.60. The van der Waals surface area contributed by atoms with Crippen LogP contribution < -0.4 is 5.32 Å². The summed E-state index contributed by atoms with van der Waals surface area (Å²) in [4.78, 5) is 23.2. The maximum Gasteiger partial charge on any atom is 0.290 e. The van der Waals surface area contributed by atoms with Crippen LogP contribution in [0.1, 0.15) is 58.8 Å². The van der Waals surface area contributed by atoms with Gasteiger partial charge >= 0.3 is 0 Å². The number of carboxylic acid groups (broad SMARTS) is 1. The predicted molar refractivity (Wildman–Crippen MR) is 91.6 cm³/mol. The van der Waals surface area contributed by atoms with E-state index in [1.807, 2.05) is 7.05 Å². The maximum atomic E-state index is 12.7. The summed E-state index contributed by atoms with van der Waals surface area (Å²) in [6.07, 6.45) is 6.91. The Morgan fingerprint density at radius 1 is 1.29 bits per heavy atom. The number of likely N-dealkylation sites (N-methyl/N-ethyl adjacent to an activating group) is 1. The third-order valence-electron chi connectivity index (χ3n) is 6.14. The molecule has 4 rings (SSSR count). The van der Waals surface area contributed by atoms with E-state index in [0.717, 1.165) is 45.1 Å². The molecule has 0 heterocycles. The Bertz CT molecular complexity index is 454. The number of amides is 1. The zero-order chi connectivity index (χ0) is 18.0. The van der Waals surface area contributed by atoms with Crippen LogP contribution in [0.4, 0.5) is 0 Å². The zero-order valence-corrected chi connectivity index (χ0v) is 15.1. The summed E-state index contributed by atoms with van der Waals surface area (Å²) >= 11 is 0. The van der Waals surface area contributed by atoms with E-state index in [-0.39, 0.29) is 24.0 Å². The molecule has 3 N–H and O–H groups in total. The molecule has 0 aromatic heterocycles. The fourth-order valence-electron chi connectivity index (χ4n) is 5.62. The molecule has 4 saturated carbocycles. The van der Waals surface area contributed by atoms with Gasteiger partial charge in [-0.1, -0.05) is 13.8 Å². The Morgan fingerprint density at radius 3 is 2.25 bits per heavy atom. The molecule has 138 valence electrons. The standard InChI is InChI=1S/C17H30N2O2.CH2O2/c1-4-14(19(3)5-2)15(20)18-16-7-12-6-13(8-16)10-17(21,9-12)11-16;2-1-3/h12-14,21H,4-11H2,1-3H3,(H,18,20);1H,(H,2,3). The lowest BCUT2D eigenvalue weighted by Crippen LogP contribution is -2.67. The first-order valence-electron chi connectivity index (χ1n) is 9.13. The molecular formula is C18H32N2O4. The minimum atomic E-state index is -0.504. The molecule has 3 unspecified atom stereocenters. The molecule has 4 aliphatic carbocycles. The first-order chi connectivity index (χ1) is 11.3. The monoisotopic (exact) mass is 340 g/mol. The molecule has 4 fully saturated rings. The van der Waals surface area contributed by atoms with Gasteiger partial charge in [0.2, 0.25) is 5.91 Å². The van der Waals surface area contributed by atoms with E-state index >= 15 is 0 Å². The normalized spacial score (nSPS) is 37.5. The highest BCUT2D eigenvalue weighted by Crippen LogP contribution is 2.57.